The largest absolute Gasteiger partial charge is 0.296 e. The molecule has 1 rings (SSSR count). The highest BCUT2D eigenvalue weighted by molar-refractivity contribution is 6.30. The summed E-state index contributed by atoms with van der Waals surface area (Å²) in [4.78, 5) is 14.9. The van der Waals surface area contributed by atoms with Gasteiger partial charge < -0.3 is 0 Å². The van der Waals surface area contributed by atoms with Crippen molar-refractivity contribution >= 4 is 17.4 Å². The molecular formula is C22H36ClNO. The molecule has 0 aliphatic rings. The Balaban J connectivity index is 2.44. The maximum atomic E-state index is 12.6. The molecule has 1 aromatic carbocycles. The highest BCUT2D eigenvalue weighted by Gasteiger charge is 2.12. The number of hydrogen-bond donors (Lipinski definition) is 0. The Morgan fingerprint density at radius 1 is 0.800 bits per heavy atom. The Hall–Kier alpha value is -0.860. The van der Waals surface area contributed by atoms with Crippen LogP contribution in [0.2, 0.25) is 5.02 Å². The Bertz CT molecular complexity index is 444. The van der Waals surface area contributed by atoms with E-state index in [9.17, 15) is 4.79 Å². The standard InChI is InChI=1S/C22H36ClNO/c1-3-5-7-9-11-17-24(18-12-10-8-6-4-2)19-22(25)20-13-15-21(23)16-14-20/h13-16H,3-12,17-19H2,1-2H3. The second kappa shape index (κ2) is 14.3. The summed E-state index contributed by atoms with van der Waals surface area (Å²) in [7, 11) is 0. The lowest BCUT2D eigenvalue weighted by atomic mass is 10.1. The van der Waals surface area contributed by atoms with E-state index in [0.717, 1.165) is 18.7 Å². The van der Waals surface area contributed by atoms with Crippen molar-refractivity contribution in [3.63, 3.8) is 0 Å². The number of hydrogen-bond acceptors (Lipinski definition) is 2. The molecule has 0 aliphatic carbocycles. The first-order chi connectivity index (χ1) is 12.2. The molecule has 0 saturated heterocycles. The molecule has 0 aromatic heterocycles. The SMILES string of the molecule is CCCCCCCN(CCCCCCC)CC(=O)c1ccc(Cl)cc1. The van der Waals surface area contributed by atoms with Crippen molar-refractivity contribution in [2.45, 2.75) is 78.1 Å². The Labute approximate surface area is 159 Å². The second-order valence-electron chi connectivity index (χ2n) is 7.03. The van der Waals surface area contributed by atoms with Crippen LogP contribution in [-0.4, -0.2) is 30.3 Å². The van der Waals surface area contributed by atoms with Gasteiger partial charge in [-0.25, -0.2) is 0 Å². The molecule has 0 aliphatic heterocycles. The van der Waals surface area contributed by atoms with Crippen LogP contribution in [0, 0.1) is 0 Å². The number of halogens is 1. The van der Waals surface area contributed by atoms with Gasteiger partial charge in [-0.05, 0) is 50.2 Å². The predicted molar refractivity (Wildman–Crippen MR) is 110 cm³/mol. The van der Waals surface area contributed by atoms with Gasteiger partial charge in [0.05, 0.1) is 6.54 Å². The van der Waals surface area contributed by atoms with E-state index in [0.29, 0.717) is 11.6 Å². The zero-order chi connectivity index (χ0) is 18.3. The topological polar surface area (TPSA) is 20.3 Å². The molecule has 3 heteroatoms. The fraction of sp³-hybridized carbons (Fsp3) is 0.682. The van der Waals surface area contributed by atoms with Gasteiger partial charge in [0, 0.05) is 10.6 Å². The molecule has 0 N–H and O–H groups in total. The number of carbonyl (C=O) groups is 1. The number of Topliss-reactive ketones (excluding diaryl/α,β-unsaturated/α-hetero) is 1. The van der Waals surface area contributed by atoms with Gasteiger partial charge in [0.1, 0.15) is 0 Å². The van der Waals surface area contributed by atoms with E-state index in [-0.39, 0.29) is 5.78 Å². The molecule has 142 valence electrons. The van der Waals surface area contributed by atoms with Crippen molar-refractivity contribution in [1.29, 1.82) is 0 Å². The number of ketones is 1. The van der Waals surface area contributed by atoms with Gasteiger partial charge in [-0.3, -0.25) is 9.69 Å². The monoisotopic (exact) mass is 365 g/mol. The lowest BCUT2D eigenvalue weighted by Gasteiger charge is -2.21. The number of nitrogens with zero attached hydrogens (tertiary/aromatic N) is 1. The summed E-state index contributed by atoms with van der Waals surface area (Å²) in [6.45, 7) is 7.09. The van der Waals surface area contributed by atoms with E-state index >= 15 is 0 Å². The number of unbranched alkanes of at least 4 members (excludes halogenated alkanes) is 8. The number of rotatable bonds is 15. The van der Waals surface area contributed by atoms with Gasteiger partial charge in [-0.15, -0.1) is 0 Å². The summed E-state index contributed by atoms with van der Waals surface area (Å²) in [6.07, 6.45) is 12.8. The van der Waals surface area contributed by atoms with E-state index in [1.54, 1.807) is 12.1 Å². The molecule has 0 unspecified atom stereocenters. The fourth-order valence-corrected chi connectivity index (χ4v) is 3.20. The van der Waals surface area contributed by atoms with Crippen LogP contribution in [0.3, 0.4) is 0 Å². The quantitative estimate of drug-likeness (QED) is 0.252. The zero-order valence-corrected chi connectivity index (χ0v) is 17.0. The summed E-state index contributed by atoms with van der Waals surface area (Å²) >= 11 is 5.92. The van der Waals surface area contributed by atoms with Gasteiger partial charge in [-0.1, -0.05) is 76.8 Å². The summed E-state index contributed by atoms with van der Waals surface area (Å²) in [6, 6.07) is 7.28. The highest BCUT2D eigenvalue weighted by Crippen LogP contribution is 2.12. The minimum absolute atomic E-state index is 0.207. The van der Waals surface area contributed by atoms with Crippen LogP contribution in [0.5, 0.6) is 0 Å². The highest BCUT2D eigenvalue weighted by atomic mass is 35.5. The normalized spacial score (nSPS) is 11.2. The van der Waals surface area contributed by atoms with Crippen molar-refractivity contribution in [1.82, 2.24) is 4.90 Å². The third kappa shape index (κ3) is 10.7. The van der Waals surface area contributed by atoms with Crippen LogP contribution < -0.4 is 0 Å². The van der Waals surface area contributed by atoms with Crippen molar-refractivity contribution < 1.29 is 4.79 Å². The maximum Gasteiger partial charge on any atom is 0.176 e. The second-order valence-corrected chi connectivity index (χ2v) is 7.47. The Morgan fingerprint density at radius 3 is 1.76 bits per heavy atom. The summed E-state index contributed by atoms with van der Waals surface area (Å²) in [5.74, 6) is 0.207. The van der Waals surface area contributed by atoms with E-state index in [1.165, 1.54) is 64.2 Å². The van der Waals surface area contributed by atoms with Crippen molar-refractivity contribution in [3.05, 3.63) is 34.9 Å². The Morgan fingerprint density at radius 2 is 1.28 bits per heavy atom. The van der Waals surface area contributed by atoms with Crippen LogP contribution in [-0.2, 0) is 0 Å². The van der Waals surface area contributed by atoms with Gasteiger partial charge in [0.2, 0.25) is 0 Å². The van der Waals surface area contributed by atoms with Gasteiger partial charge in [0.25, 0.3) is 0 Å². The van der Waals surface area contributed by atoms with E-state index < -0.39 is 0 Å². The lowest BCUT2D eigenvalue weighted by Crippen LogP contribution is -2.32. The third-order valence-corrected chi connectivity index (χ3v) is 4.94. The van der Waals surface area contributed by atoms with Gasteiger partial charge in [0.15, 0.2) is 5.78 Å². The van der Waals surface area contributed by atoms with E-state index in [4.69, 9.17) is 11.6 Å². The van der Waals surface area contributed by atoms with Crippen molar-refractivity contribution in [2.24, 2.45) is 0 Å². The molecular weight excluding hydrogens is 330 g/mol. The molecule has 0 bridgehead atoms. The minimum atomic E-state index is 0.207. The molecule has 0 radical (unpaired) electrons. The predicted octanol–water partition coefficient (Wildman–Crippen LogP) is 6.77. The first-order valence-electron chi connectivity index (χ1n) is 10.2. The minimum Gasteiger partial charge on any atom is -0.296 e. The van der Waals surface area contributed by atoms with Gasteiger partial charge >= 0.3 is 0 Å². The van der Waals surface area contributed by atoms with Crippen LogP contribution in [0.15, 0.2) is 24.3 Å². The first kappa shape index (κ1) is 22.2. The van der Waals surface area contributed by atoms with E-state index in [2.05, 4.69) is 18.7 Å². The molecule has 1 aromatic rings. The molecule has 2 nitrogen and oxygen atoms in total. The fourth-order valence-electron chi connectivity index (χ4n) is 3.08. The molecule has 0 atom stereocenters. The first-order valence-corrected chi connectivity index (χ1v) is 10.6. The van der Waals surface area contributed by atoms with Crippen LogP contribution >= 0.6 is 11.6 Å². The Kier molecular flexibility index (Phi) is 12.7. The average molecular weight is 366 g/mol. The molecule has 0 amide bonds. The summed E-state index contributed by atoms with van der Waals surface area (Å²) in [5, 5.41) is 0.681. The summed E-state index contributed by atoms with van der Waals surface area (Å²) < 4.78 is 0. The molecule has 0 fully saturated rings. The molecule has 0 saturated carbocycles. The van der Waals surface area contributed by atoms with Gasteiger partial charge in [-0.2, -0.15) is 0 Å². The maximum absolute atomic E-state index is 12.6. The third-order valence-electron chi connectivity index (χ3n) is 4.69. The van der Waals surface area contributed by atoms with Crippen LogP contribution in [0.1, 0.15) is 88.4 Å². The van der Waals surface area contributed by atoms with Crippen LogP contribution in [0.25, 0.3) is 0 Å². The average Bonchev–Trinajstić information content (AvgIpc) is 2.61. The number of benzene rings is 1. The zero-order valence-electron chi connectivity index (χ0n) is 16.2. The van der Waals surface area contributed by atoms with E-state index in [1.807, 2.05) is 12.1 Å². The van der Waals surface area contributed by atoms with Crippen LogP contribution in [0.4, 0.5) is 0 Å². The molecule has 0 spiro atoms. The molecule has 25 heavy (non-hydrogen) atoms. The van der Waals surface area contributed by atoms with Crippen molar-refractivity contribution in [2.75, 3.05) is 19.6 Å². The molecule has 0 heterocycles. The summed E-state index contributed by atoms with van der Waals surface area (Å²) in [5.41, 5.74) is 0.770. The smallest absolute Gasteiger partial charge is 0.176 e. The number of carbonyl (C=O) groups excluding carboxylic acids is 1. The lowest BCUT2D eigenvalue weighted by molar-refractivity contribution is 0.0927. The van der Waals surface area contributed by atoms with Crippen molar-refractivity contribution in [3.8, 4) is 0 Å².